The van der Waals surface area contributed by atoms with Crippen LogP contribution in [-0.2, 0) is 4.74 Å². The summed E-state index contributed by atoms with van der Waals surface area (Å²) in [6, 6.07) is 8.00. The predicted octanol–water partition coefficient (Wildman–Crippen LogP) is 1.96. The number of nitrogens with zero attached hydrogens (tertiary/aromatic N) is 3. The van der Waals surface area contributed by atoms with Crippen molar-refractivity contribution in [3.8, 4) is 0 Å². The molecule has 6 heteroatoms. The predicted molar refractivity (Wildman–Crippen MR) is 82.9 cm³/mol. The molecule has 6 nitrogen and oxygen atoms in total. The number of morpholine rings is 1. The highest BCUT2D eigenvalue weighted by atomic mass is 16.5. The van der Waals surface area contributed by atoms with E-state index in [0.29, 0.717) is 18.7 Å². The van der Waals surface area contributed by atoms with Crippen LogP contribution in [0.2, 0.25) is 0 Å². The summed E-state index contributed by atoms with van der Waals surface area (Å²) in [6.07, 6.45) is 1.36. The topological polar surface area (TPSA) is 71.6 Å². The van der Waals surface area contributed by atoms with E-state index in [1.165, 1.54) is 0 Å². The second-order valence-electron chi connectivity index (χ2n) is 5.61. The first-order valence-electron chi connectivity index (χ1n) is 7.39. The Balaban J connectivity index is 1.87. The monoisotopic (exact) mass is 299 g/mol. The lowest BCUT2D eigenvalue weighted by atomic mass is 10.2. The summed E-state index contributed by atoms with van der Waals surface area (Å²) in [5.74, 6) is 0.760. The van der Waals surface area contributed by atoms with Crippen LogP contribution >= 0.6 is 0 Å². The summed E-state index contributed by atoms with van der Waals surface area (Å²) >= 11 is 0. The molecular formula is C16H17N3O3. The molecule has 0 spiro atoms. The Kier molecular flexibility index (Phi) is 3.20. The third-order valence-electron chi connectivity index (χ3n) is 4.12. The van der Waals surface area contributed by atoms with Crippen molar-refractivity contribution < 1.29 is 14.3 Å². The average Bonchev–Trinajstić information content (AvgIpc) is 2.94. The maximum Gasteiger partial charge on any atom is 0.196 e. The number of aliphatic hydroxyl groups excluding tert-OH is 1. The highest BCUT2D eigenvalue weighted by molar-refractivity contribution is 6.05. The Morgan fingerprint density at radius 1 is 1.32 bits per heavy atom. The van der Waals surface area contributed by atoms with Crippen molar-refractivity contribution in [1.82, 2.24) is 9.97 Å². The van der Waals surface area contributed by atoms with E-state index < -0.39 is 0 Å². The minimum absolute atomic E-state index is 0.00240. The lowest BCUT2D eigenvalue weighted by Crippen LogP contribution is -2.50. The number of aromatic nitrogens is 2. The minimum atomic E-state index is -0.203. The molecule has 0 saturated carbocycles. The number of aliphatic hydroxyl groups is 1. The van der Waals surface area contributed by atoms with Gasteiger partial charge in [-0.1, -0.05) is 12.1 Å². The smallest absolute Gasteiger partial charge is 0.196 e. The van der Waals surface area contributed by atoms with E-state index in [-0.39, 0.29) is 18.8 Å². The molecule has 0 radical (unpaired) electrons. The highest BCUT2D eigenvalue weighted by Gasteiger charge is 2.29. The minimum Gasteiger partial charge on any atom is -0.450 e. The number of rotatable bonds is 2. The molecule has 4 rings (SSSR count). The van der Waals surface area contributed by atoms with Crippen LogP contribution in [0.4, 0.5) is 5.82 Å². The second-order valence-corrected chi connectivity index (χ2v) is 5.61. The van der Waals surface area contributed by atoms with Gasteiger partial charge in [-0.2, -0.15) is 0 Å². The van der Waals surface area contributed by atoms with Crippen molar-refractivity contribution in [1.29, 1.82) is 0 Å². The van der Waals surface area contributed by atoms with E-state index in [0.717, 1.165) is 22.3 Å². The van der Waals surface area contributed by atoms with E-state index in [4.69, 9.17) is 9.15 Å². The van der Waals surface area contributed by atoms with Gasteiger partial charge >= 0.3 is 0 Å². The summed E-state index contributed by atoms with van der Waals surface area (Å²) in [7, 11) is 0. The summed E-state index contributed by atoms with van der Waals surface area (Å²) in [5.41, 5.74) is 2.31. The van der Waals surface area contributed by atoms with Gasteiger partial charge in [0.2, 0.25) is 0 Å². The normalized spacial score (nSPS) is 22.5. The summed E-state index contributed by atoms with van der Waals surface area (Å²) in [5, 5.41) is 10.3. The van der Waals surface area contributed by atoms with Gasteiger partial charge in [-0.25, -0.2) is 9.97 Å². The molecule has 1 N–H and O–H groups in total. The SMILES string of the molecule is CC1COC(CO)CN1c1ncnc2c1oc1ccccc12. The number of fused-ring (bicyclic) bond motifs is 3. The Labute approximate surface area is 127 Å². The average molecular weight is 299 g/mol. The standard InChI is InChI=1S/C16H17N3O3/c1-10-8-21-11(7-20)6-19(10)16-15-14(17-9-18-16)12-4-2-3-5-13(12)22-15/h2-5,9-11,20H,6-8H2,1H3. The molecule has 0 amide bonds. The number of hydrogen-bond acceptors (Lipinski definition) is 6. The van der Waals surface area contributed by atoms with Gasteiger partial charge in [0.05, 0.1) is 25.4 Å². The molecule has 2 aromatic heterocycles. The quantitative estimate of drug-likeness (QED) is 0.780. The van der Waals surface area contributed by atoms with Crippen LogP contribution in [-0.4, -0.2) is 47.0 Å². The Morgan fingerprint density at radius 3 is 3.05 bits per heavy atom. The molecule has 22 heavy (non-hydrogen) atoms. The zero-order chi connectivity index (χ0) is 15.1. The molecular weight excluding hydrogens is 282 g/mol. The van der Waals surface area contributed by atoms with Crippen LogP contribution < -0.4 is 4.90 Å². The van der Waals surface area contributed by atoms with E-state index >= 15 is 0 Å². The Hall–Kier alpha value is -2.18. The molecule has 3 heterocycles. The number of anilines is 1. The molecule has 1 fully saturated rings. The van der Waals surface area contributed by atoms with E-state index in [2.05, 4.69) is 21.8 Å². The zero-order valence-corrected chi connectivity index (χ0v) is 12.3. The molecule has 0 bridgehead atoms. The zero-order valence-electron chi connectivity index (χ0n) is 12.3. The molecule has 2 unspecified atom stereocenters. The van der Waals surface area contributed by atoms with Crippen molar-refractivity contribution in [3.63, 3.8) is 0 Å². The largest absolute Gasteiger partial charge is 0.450 e. The van der Waals surface area contributed by atoms with Crippen LogP contribution in [0.1, 0.15) is 6.92 Å². The van der Waals surface area contributed by atoms with Gasteiger partial charge in [0.15, 0.2) is 11.4 Å². The molecule has 1 aromatic carbocycles. The van der Waals surface area contributed by atoms with Crippen molar-refractivity contribution in [2.75, 3.05) is 24.7 Å². The molecule has 0 aliphatic carbocycles. The van der Waals surface area contributed by atoms with Crippen LogP contribution in [0.5, 0.6) is 0 Å². The highest BCUT2D eigenvalue weighted by Crippen LogP contribution is 2.33. The third-order valence-corrected chi connectivity index (χ3v) is 4.12. The van der Waals surface area contributed by atoms with Gasteiger partial charge < -0.3 is 19.2 Å². The molecule has 3 aromatic rings. The molecule has 114 valence electrons. The van der Waals surface area contributed by atoms with Gasteiger partial charge in [0.25, 0.3) is 0 Å². The van der Waals surface area contributed by atoms with Crippen LogP contribution in [0.25, 0.3) is 22.1 Å². The molecule has 1 aliphatic heterocycles. The summed E-state index contributed by atoms with van der Waals surface area (Å²) < 4.78 is 11.6. The number of para-hydroxylation sites is 1. The maximum absolute atomic E-state index is 9.36. The number of furan rings is 1. The number of ether oxygens (including phenoxy) is 1. The van der Waals surface area contributed by atoms with Crippen molar-refractivity contribution in [3.05, 3.63) is 30.6 Å². The molecule has 1 aliphatic rings. The van der Waals surface area contributed by atoms with Crippen LogP contribution in [0, 0.1) is 0 Å². The van der Waals surface area contributed by atoms with Gasteiger partial charge in [0, 0.05) is 11.9 Å². The second kappa shape index (κ2) is 5.23. The Morgan fingerprint density at radius 2 is 2.18 bits per heavy atom. The molecule has 2 atom stereocenters. The Bertz CT molecular complexity index is 817. The first kappa shape index (κ1) is 13.5. The van der Waals surface area contributed by atoms with Crippen molar-refractivity contribution in [2.24, 2.45) is 0 Å². The van der Waals surface area contributed by atoms with Crippen molar-refractivity contribution >= 4 is 27.9 Å². The first-order valence-corrected chi connectivity index (χ1v) is 7.39. The van der Waals surface area contributed by atoms with Gasteiger partial charge in [0.1, 0.15) is 17.4 Å². The fraction of sp³-hybridized carbons (Fsp3) is 0.375. The van der Waals surface area contributed by atoms with Crippen LogP contribution in [0.15, 0.2) is 35.0 Å². The maximum atomic E-state index is 9.36. The lowest BCUT2D eigenvalue weighted by Gasteiger charge is -2.37. The summed E-state index contributed by atoms with van der Waals surface area (Å²) in [4.78, 5) is 10.9. The first-order chi connectivity index (χ1) is 10.8. The van der Waals surface area contributed by atoms with Crippen LogP contribution in [0.3, 0.4) is 0 Å². The van der Waals surface area contributed by atoms with Crippen molar-refractivity contribution in [2.45, 2.75) is 19.1 Å². The fourth-order valence-electron chi connectivity index (χ4n) is 2.94. The van der Waals surface area contributed by atoms with Gasteiger partial charge in [-0.05, 0) is 19.1 Å². The fourth-order valence-corrected chi connectivity index (χ4v) is 2.94. The van der Waals surface area contributed by atoms with Gasteiger partial charge in [-0.3, -0.25) is 0 Å². The number of hydrogen-bond donors (Lipinski definition) is 1. The van der Waals surface area contributed by atoms with E-state index in [9.17, 15) is 5.11 Å². The van der Waals surface area contributed by atoms with E-state index in [1.807, 2.05) is 24.3 Å². The van der Waals surface area contributed by atoms with E-state index in [1.54, 1.807) is 6.33 Å². The van der Waals surface area contributed by atoms with Gasteiger partial charge in [-0.15, -0.1) is 0 Å². The summed E-state index contributed by atoms with van der Waals surface area (Å²) in [6.45, 7) is 3.21. The molecule has 1 saturated heterocycles. The number of benzene rings is 1. The third kappa shape index (κ3) is 2.03. The lowest BCUT2D eigenvalue weighted by molar-refractivity contribution is -0.0105.